The number of aromatic nitrogens is 4. The van der Waals surface area contributed by atoms with Crippen molar-refractivity contribution in [2.24, 2.45) is 0 Å². The van der Waals surface area contributed by atoms with Gasteiger partial charge in [-0.25, -0.2) is 0 Å². The van der Waals surface area contributed by atoms with Crippen molar-refractivity contribution in [3.63, 3.8) is 0 Å². The second-order valence-corrected chi connectivity index (χ2v) is 8.17. The molecular weight excluding hydrogens is 400 g/mol. The molecule has 4 heterocycles. The van der Waals surface area contributed by atoms with E-state index in [2.05, 4.69) is 31.1 Å². The lowest BCUT2D eigenvalue weighted by molar-refractivity contribution is -0.131. The van der Waals surface area contributed by atoms with E-state index in [1.54, 1.807) is 35.9 Å². The van der Waals surface area contributed by atoms with Crippen LogP contribution < -0.4 is 5.32 Å². The Labute approximate surface area is 179 Å². The second kappa shape index (κ2) is 9.62. The topological polar surface area (TPSA) is 93.0 Å². The van der Waals surface area contributed by atoms with Crippen LogP contribution in [0.25, 0.3) is 0 Å². The van der Waals surface area contributed by atoms with Crippen molar-refractivity contribution in [1.82, 2.24) is 30.0 Å². The molecule has 156 valence electrons. The number of aryl methyl sites for hydroxylation is 1. The lowest BCUT2D eigenvalue weighted by Crippen LogP contribution is -2.34. The molecule has 0 spiro atoms. The molecule has 1 aliphatic rings. The number of pyridine rings is 1. The number of carbonyl (C=O) groups is 2. The van der Waals surface area contributed by atoms with Crippen molar-refractivity contribution in [3.05, 3.63) is 64.1 Å². The van der Waals surface area contributed by atoms with Crippen molar-refractivity contribution >= 4 is 23.2 Å². The summed E-state index contributed by atoms with van der Waals surface area (Å²) in [4.78, 5) is 31.9. The van der Waals surface area contributed by atoms with Crippen LogP contribution in [-0.4, -0.2) is 56.1 Å². The number of nitrogens with zero attached hydrogens (tertiary/aromatic N) is 5. The molecule has 4 rings (SSSR count). The quantitative estimate of drug-likeness (QED) is 0.623. The maximum absolute atomic E-state index is 12.6. The molecule has 0 saturated heterocycles. The highest BCUT2D eigenvalue weighted by Gasteiger charge is 2.21. The van der Waals surface area contributed by atoms with Gasteiger partial charge >= 0.3 is 0 Å². The number of amides is 2. The van der Waals surface area contributed by atoms with Gasteiger partial charge in [0.15, 0.2) is 0 Å². The van der Waals surface area contributed by atoms with Gasteiger partial charge in [-0.15, -0.1) is 21.5 Å². The number of rotatable bonds is 7. The monoisotopic (exact) mass is 424 g/mol. The first-order valence-corrected chi connectivity index (χ1v) is 11.0. The second-order valence-electron chi connectivity index (χ2n) is 7.14. The third-order valence-corrected chi connectivity index (χ3v) is 6.11. The van der Waals surface area contributed by atoms with Crippen LogP contribution in [0.1, 0.15) is 33.3 Å². The minimum absolute atomic E-state index is 0.152. The third-order valence-electron chi connectivity index (χ3n) is 5.18. The maximum atomic E-state index is 12.6. The Kier molecular flexibility index (Phi) is 6.48. The van der Waals surface area contributed by atoms with Crippen molar-refractivity contribution in [2.75, 3.05) is 19.6 Å². The highest BCUT2D eigenvalue weighted by atomic mass is 32.1. The Morgan fingerprint density at radius 2 is 2.03 bits per heavy atom. The molecule has 0 bridgehead atoms. The molecule has 3 aromatic rings. The SMILES string of the molecule is O=C(NCCc1nnc2n1CCN(C(=O)CCc1cccs1)CC2)c1cccnc1. The van der Waals surface area contributed by atoms with Gasteiger partial charge in [-0.3, -0.25) is 14.6 Å². The number of thiophene rings is 1. The van der Waals surface area contributed by atoms with Gasteiger partial charge in [0.25, 0.3) is 5.91 Å². The summed E-state index contributed by atoms with van der Waals surface area (Å²) in [5, 5.41) is 13.5. The minimum atomic E-state index is -0.152. The molecule has 1 N–H and O–H groups in total. The summed E-state index contributed by atoms with van der Waals surface area (Å²) in [7, 11) is 0. The van der Waals surface area contributed by atoms with Crippen LogP contribution in [0.5, 0.6) is 0 Å². The van der Waals surface area contributed by atoms with Crippen molar-refractivity contribution < 1.29 is 9.59 Å². The zero-order chi connectivity index (χ0) is 20.8. The van der Waals surface area contributed by atoms with E-state index in [-0.39, 0.29) is 11.8 Å². The smallest absolute Gasteiger partial charge is 0.252 e. The standard InChI is InChI=1S/C21H24N6O2S/c28-20(6-5-17-4-2-14-30-17)26-11-8-19-25-24-18(27(19)13-12-26)7-10-23-21(29)16-3-1-9-22-15-16/h1-4,9,14-15H,5-8,10-13H2,(H,23,29). The van der Waals surface area contributed by atoms with Crippen LogP contribution in [0.2, 0.25) is 0 Å². The Balaban J connectivity index is 1.28. The zero-order valence-corrected chi connectivity index (χ0v) is 17.5. The van der Waals surface area contributed by atoms with E-state index in [4.69, 9.17) is 0 Å². The molecule has 9 heteroatoms. The average Bonchev–Trinajstić information content (AvgIpc) is 3.38. The Bertz CT molecular complexity index is 986. The lowest BCUT2D eigenvalue weighted by atomic mass is 10.2. The first-order chi connectivity index (χ1) is 14.7. The summed E-state index contributed by atoms with van der Waals surface area (Å²) < 4.78 is 2.09. The molecule has 0 radical (unpaired) electrons. The van der Waals surface area contributed by atoms with Gasteiger partial charge in [-0.1, -0.05) is 6.07 Å². The van der Waals surface area contributed by atoms with Crippen LogP contribution in [-0.2, 0) is 30.6 Å². The zero-order valence-electron chi connectivity index (χ0n) is 16.7. The Morgan fingerprint density at radius 3 is 2.83 bits per heavy atom. The van der Waals surface area contributed by atoms with Crippen molar-refractivity contribution in [2.45, 2.75) is 32.2 Å². The van der Waals surface area contributed by atoms with Crippen LogP contribution >= 0.6 is 11.3 Å². The number of fused-ring (bicyclic) bond motifs is 1. The van der Waals surface area contributed by atoms with Gasteiger partial charge in [0.1, 0.15) is 11.6 Å². The summed E-state index contributed by atoms with van der Waals surface area (Å²) in [6, 6.07) is 7.56. The van der Waals surface area contributed by atoms with Gasteiger partial charge in [0.05, 0.1) is 5.56 Å². The van der Waals surface area contributed by atoms with Gasteiger partial charge in [0.2, 0.25) is 5.91 Å². The van der Waals surface area contributed by atoms with E-state index in [9.17, 15) is 9.59 Å². The van der Waals surface area contributed by atoms with Crippen LogP contribution in [0.4, 0.5) is 0 Å². The maximum Gasteiger partial charge on any atom is 0.252 e. The normalized spacial score (nSPS) is 13.5. The van der Waals surface area contributed by atoms with E-state index < -0.39 is 0 Å². The molecule has 8 nitrogen and oxygen atoms in total. The van der Waals surface area contributed by atoms with E-state index in [1.165, 1.54) is 4.88 Å². The van der Waals surface area contributed by atoms with Crippen molar-refractivity contribution in [3.8, 4) is 0 Å². The number of carbonyl (C=O) groups excluding carboxylic acids is 2. The highest BCUT2D eigenvalue weighted by Crippen LogP contribution is 2.14. The molecule has 0 unspecified atom stereocenters. The van der Waals surface area contributed by atoms with Crippen LogP contribution in [0.3, 0.4) is 0 Å². The number of nitrogens with one attached hydrogen (secondary N) is 1. The van der Waals surface area contributed by atoms with Gasteiger partial charge in [0, 0.05) is 62.7 Å². The Hall–Kier alpha value is -3.07. The average molecular weight is 425 g/mol. The minimum Gasteiger partial charge on any atom is -0.352 e. The fourth-order valence-corrected chi connectivity index (χ4v) is 4.26. The highest BCUT2D eigenvalue weighted by molar-refractivity contribution is 7.09. The largest absolute Gasteiger partial charge is 0.352 e. The molecule has 0 saturated carbocycles. The summed E-state index contributed by atoms with van der Waals surface area (Å²) in [5.74, 6) is 1.77. The number of hydrogen-bond acceptors (Lipinski definition) is 6. The number of hydrogen-bond donors (Lipinski definition) is 1. The molecule has 2 amide bonds. The molecule has 0 fully saturated rings. The fraction of sp³-hybridized carbons (Fsp3) is 0.381. The predicted molar refractivity (Wildman–Crippen MR) is 113 cm³/mol. The van der Waals surface area contributed by atoms with E-state index in [1.807, 2.05) is 16.3 Å². The van der Waals surface area contributed by atoms with Gasteiger partial charge in [-0.2, -0.15) is 0 Å². The molecule has 30 heavy (non-hydrogen) atoms. The van der Waals surface area contributed by atoms with E-state index >= 15 is 0 Å². The molecule has 0 atom stereocenters. The third kappa shape index (κ3) is 4.91. The molecule has 1 aliphatic heterocycles. The fourth-order valence-electron chi connectivity index (χ4n) is 3.55. The Morgan fingerprint density at radius 1 is 1.10 bits per heavy atom. The summed E-state index contributed by atoms with van der Waals surface area (Å²) in [6.07, 6.45) is 5.79. The predicted octanol–water partition coefficient (Wildman–Crippen LogP) is 1.72. The molecule has 3 aromatic heterocycles. The summed E-state index contributed by atoms with van der Waals surface area (Å²) in [5.41, 5.74) is 0.536. The molecule has 0 aromatic carbocycles. The lowest BCUT2D eigenvalue weighted by Gasteiger charge is -2.20. The van der Waals surface area contributed by atoms with Crippen LogP contribution in [0, 0.1) is 0 Å². The van der Waals surface area contributed by atoms with Crippen molar-refractivity contribution in [1.29, 1.82) is 0 Å². The van der Waals surface area contributed by atoms with Crippen LogP contribution in [0.15, 0.2) is 42.0 Å². The summed E-state index contributed by atoms with van der Waals surface area (Å²) in [6.45, 7) is 2.47. The van der Waals surface area contributed by atoms with E-state index in [0.717, 1.165) is 18.1 Å². The van der Waals surface area contributed by atoms with E-state index in [0.29, 0.717) is 51.0 Å². The van der Waals surface area contributed by atoms with Gasteiger partial charge in [-0.05, 0) is 30.0 Å². The molecule has 0 aliphatic carbocycles. The first kappa shape index (κ1) is 20.2. The molecular formula is C21H24N6O2S. The van der Waals surface area contributed by atoms with Gasteiger partial charge < -0.3 is 14.8 Å². The summed E-state index contributed by atoms with van der Waals surface area (Å²) >= 11 is 1.69. The first-order valence-electron chi connectivity index (χ1n) is 10.1.